The maximum Gasteiger partial charge on any atom is 0.263 e. The first-order valence-corrected chi connectivity index (χ1v) is 10.1. The monoisotopic (exact) mass is 431 g/mol. The first-order valence-electron chi connectivity index (χ1n) is 8.83. The van der Waals surface area contributed by atoms with E-state index in [4.69, 9.17) is 0 Å². The van der Waals surface area contributed by atoms with Gasteiger partial charge in [0.25, 0.3) is 11.8 Å². The van der Waals surface area contributed by atoms with E-state index in [0.717, 1.165) is 33.0 Å². The van der Waals surface area contributed by atoms with E-state index in [9.17, 15) is 23.2 Å². The normalized spacial score (nSPS) is 20.1. The summed E-state index contributed by atoms with van der Waals surface area (Å²) in [7, 11) is 0. The Morgan fingerprint density at radius 2 is 1.93 bits per heavy atom. The minimum atomic E-state index is -1.18. The molecule has 2 heterocycles. The Kier molecular flexibility index (Phi) is 5.20. The lowest BCUT2D eigenvalue weighted by Crippen LogP contribution is -2.43. The van der Waals surface area contributed by atoms with Crippen molar-refractivity contribution in [2.24, 2.45) is 10.3 Å². The number of nitrogens with zero attached hydrogens (tertiary/aromatic N) is 4. The van der Waals surface area contributed by atoms with E-state index in [1.165, 1.54) is 11.8 Å². The van der Waals surface area contributed by atoms with Crippen LogP contribution in [-0.2, 0) is 14.4 Å². The van der Waals surface area contributed by atoms with Crippen LogP contribution in [0.2, 0.25) is 0 Å². The Morgan fingerprint density at radius 1 is 1.13 bits per heavy atom. The van der Waals surface area contributed by atoms with Crippen LogP contribution in [0.15, 0.2) is 57.7 Å². The lowest BCUT2D eigenvalue weighted by Gasteiger charge is -2.20. The molecular formula is C19H15F2N5O3S. The molecule has 2 aromatic rings. The summed E-state index contributed by atoms with van der Waals surface area (Å²) < 4.78 is 26.7. The molecule has 30 heavy (non-hydrogen) atoms. The molecule has 154 valence electrons. The summed E-state index contributed by atoms with van der Waals surface area (Å²) >= 11 is 1.52. The number of rotatable bonds is 5. The number of halogens is 2. The molecule has 2 aromatic carbocycles. The van der Waals surface area contributed by atoms with E-state index in [2.05, 4.69) is 15.7 Å². The van der Waals surface area contributed by atoms with Gasteiger partial charge in [-0.25, -0.2) is 13.7 Å². The summed E-state index contributed by atoms with van der Waals surface area (Å²) in [5.74, 6) is -4.15. The number of fused-ring (bicyclic) bond motifs is 1. The van der Waals surface area contributed by atoms with Gasteiger partial charge < -0.3 is 5.32 Å². The zero-order chi connectivity index (χ0) is 21.4. The van der Waals surface area contributed by atoms with Crippen LogP contribution < -0.4 is 10.2 Å². The Bertz CT molecular complexity index is 1080. The fraction of sp³-hybridized carbons (Fsp3) is 0.211. The molecule has 0 aliphatic carbocycles. The molecule has 4 rings (SSSR count). The predicted octanol–water partition coefficient (Wildman–Crippen LogP) is 2.62. The number of amides is 3. The zero-order valence-corrected chi connectivity index (χ0v) is 16.4. The SMILES string of the molecule is CSc1cccc(NC(=O)CN2N=N[C@@H]3C(=O)N(c4ccc(F)c(F)c4)C(=O)[C@H]32)c1. The van der Waals surface area contributed by atoms with E-state index in [1.807, 2.05) is 12.3 Å². The molecule has 0 aromatic heterocycles. The molecule has 0 unspecified atom stereocenters. The molecule has 0 saturated carbocycles. The van der Waals surface area contributed by atoms with Crippen molar-refractivity contribution in [3.05, 3.63) is 54.1 Å². The number of carbonyl (C=O) groups is 3. The van der Waals surface area contributed by atoms with Crippen LogP contribution in [0.3, 0.4) is 0 Å². The zero-order valence-electron chi connectivity index (χ0n) is 15.6. The van der Waals surface area contributed by atoms with Gasteiger partial charge in [0.2, 0.25) is 5.91 Å². The van der Waals surface area contributed by atoms with E-state index in [1.54, 1.807) is 18.2 Å². The number of hydrogen-bond donors (Lipinski definition) is 1. The molecule has 2 aliphatic rings. The molecule has 0 radical (unpaired) electrons. The second-order valence-electron chi connectivity index (χ2n) is 6.58. The number of benzene rings is 2. The Hall–Kier alpha value is -3.34. The molecule has 2 atom stereocenters. The summed E-state index contributed by atoms with van der Waals surface area (Å²) in [5.41, 5.74) is 0.476. The van der Waals surface area contributed by atoms with Gasteiger partial charge >= 0.3 is 0 Å². The third kappa shape index (κ3) is 3.52. The Morgan fingerprint density at radius 3 is 2.67 bits per heavy atom. The van der Waals surface area contributed by atoms with Crippen LogP contribution in [0.1, 0.15) is 0 Å². The lowest BCUT2D eigenvalue weighted by atomic mass is 10.1. The smallest absolute Gasteiger partial charge is 0.263 e. The van der Waals surface area contributed by atoms with Crippen LogP contribution in [0.25, 0.3) is 0 Å². The number of thioether (sulfide) groups is 1. The van der Waals surface area contributed by atoms with E-state index >= 15 is 0 Å². The van der Waals surface area contributed by atoms with Gasteiger partial charge in [-0.1, -0.05) is 11.3 Å². The number of hydrogen-bond acceptors (Lipinski definition) is 7. The van der Waals surface area contributed by atoms with Gasteiger partial charge in [0.1, 0.15) is 6.54 Å². The minimum Gasteiger partial charge on any atom is -0.324 e. The third-order valence-corrected chi connectivity index (χ3v) is 5.40. The second kappa shape index (κ2) is 7.82. The van der Waals surface area contributed by atoms with Gasteiger partial charge in [-0.05, 0) is 36.6 Å². The van der Waals surface area contributed by atoms with Crippen molar-refractivity contribution in [1.29, 1.82) is 0 Å². The number of imide groups is 1. The molecule has 0 bridgehead atoms. The van der Waals surface area contributed by atoms with Crippen LogP contribution >= 0.6 is 11.8 Å². The van der Waals surface area contributed by atoms with Gasteiger partial charge in [-0.2, -0.15) is 5.11 Å². The van der Waals surface area contributed by atoms with Crippen molar-refractivity contribution in [3.63, 3.8) is 0 Å². The largest absolute Gasteiger partial charge is 0.324 e. The molecule has 1 fully saturated rings. The van der Waals surface area contributed by atoms with E-state index in [-0.39, 0.29) is 12.2 Å². The van der Waals surface area contributed by atoms with Crippen LogP contribution in [0.4, 0.5) is 20.2 Å². The fourth-order valence-electron chi connectivity index (χ4n) is 3.28. The van der Waals surface area contributed by atoms with Gasteiger partial charge in [-0.15, -0.1) is 11.8 Å². The van der Waals surface area contributed by atoms with Crippen LogP contribution in [0, 0.1) is 11.6 Å². The van der Waals surface area contributed by atoms with Crippen molar-refractivity contribution < 1.29 is 23.2 Å². The predicted molar refractivity (Wildman–Crippen MR) is 105 cm³/mol. The third-order valence-electron chi connectivity index (χ3n) is 4.68. The molecule has 3 amide bonds. The standard InChI is InChI=1S/C19H15F2N5O3S/c1-30-12-4-2-3-10(7-12)22-15(27)9-25-17-16(23-24-25)18(28)26(19(17)29)11-5-6-13(20)14(21)8-11/h2-8,16-17H,9H2,1H3,(H,22,27)/t16-,17-/m0/s1. The molecule has 8 nitrogen and oxygen atoms in total. The van der Waals surface area contributed by atoms with Gasteiger partial charge in [0.15, 0.2) is 23.7 Å². The van der Waals surface area contributed by atoms with Crippen molar-refractivity contribution >= 4 is 40.9 Å². The van der Waals surface area contributed by atoms with E-state index < -0.39 is 41.4 Å². The van der Waals surface area contributed by atoms with Crippen LogP contribution in [0.5, 0.6) is 0 Å². The average Bonchev–Trinajstić information content (AvgIpc) is 3.24. The maximum atomic E-state index is 13.6. The van der Waals surface area contributed by atoms with Crippen molar-refractivity contribution in [3.8, 4) is 0 Å². The second-order valence-corrected chi connectivity index (χ2v) is 7.46. The quantitative estimate of drug-likeness (QED) is 0.580. The van der Waals surface area contributed by atoms with Gasteiger partial charge in [0, 0.05) is 16.6 Å². The van der Waals surface area contributed by atoms with Gasteiger partial charge in [-0.3, -0.25) is 19.4 Å². The van der Waals surface area contributed by atoms with Crippen molar-refractivity contribution in [2.45, 2.75) is 17.0 Å². The fourth-order valence-corrected chi connectivity index (χ4v) is 3.74. The summed E-state index contributed by atoms with van der Waals surface area (Å²) in [6.07, 6.45) is 1.91. The molecule has 11 heteroatoms. The highest BCUT2D eigenvalue weighted by molar-refractivity contribution is 7.98. The van der Waals surface area contributed by atoms with Crippen molar-refractivity contribution in [1.82, 2.24) is 5.01 Å². The highest BCUT2D eigenvalue weighted by Crippen LogP contribution is 2.32. The highest BCUT2D eigenvalue weighted by Gasteiger charge is 2.55. The Labute approximate surface area is 173 Å². The number of anilines is 2. The highest BCUT2D eigenvalue weighted by atomic mass is 32.2. The number of carbonyl (C=O) groups excluding carboxylic acids is 3. The van der Waals surface area contributed by atoms with Crippen molar-refractivity contribution in [2.75, 3.05) is 23.0 Å². The lowest BCUT2D eigenvalue weighted by molar-refractivity contribution is -0.123. The summed E-state index contributed by atoms with van der Waals surface area (Å²) in [6, 6.07) is 7.68. The number of nitrogens with one attached hydrogen (secondary N) is 1. The first-order chi connectivity index (χ1) is 14.4. The summed E-state index contributed by atoms with van der Waals surface area (Å²) in [4.78, 5) is 39.5. The summed E-state index contributed by atoms with van der Waals surface area (Å²) in [5, 5.41) is 11.4. The summed E-state index contributed by atoms with van der Waals surface area (Å²) in [6.45, 7) is -0.307. The van der Waals surface area contributed by atoms with E-state index in [0.29, 0.717) is 5.69 Å². The van der Waals surface area contributed by atoms with Crippen LogP contribution in [-0.4, -0.2) is 47.6 Å². The Balaban J connectivity index is 1.49. The van der Waals surface area contributed by atoms with Gasteiger partial charge in [0.05, 0.1) is 5.69 Å². The molecule has 2 aliphatic heterocycles. The average molecular weight is 431 g/mol. The molecule has 1 saturated heterocycles. The topological polar surface area (TPSA) is 94.4 Å². The molecule has 0 spiro atoms. The maximum absolute atomic E-state index is 13.6. The first kappa shape index (κ1) is 20.0. The minimum absolute atomic E-state index is 0.105. The molecule has 1 N–H and O–H groups in total. The molecular weight excluding hydrogens is 416 g/mol.